The number of alkyl halides is 1. The van der Waals surface area contributed by atoms with Gasteiger partial charge in [-0.05, 0) is 34.6 Å². The molecule has 1 unspecified atom stereocenters. The van der Waals surface area contributed by atoms with E-state index in [4.69, 9.17) is 11.6 Å². The minimum atomic E-state index is 0.189. The van der Waals surface area contributed by atoms with Gasteiger partial charge in [0.25, 0.3) is 0 Å². The van der Waals surface area contributed by atoms with Crippen LogP contribution >= 0.6 is 27.5 Å². The fraction of sp³-hybridized carbons (Fsp3) is 0.353. The van der Waals surface area contributed by atoms with Crippen LogP contribution < -0.4 is 0 Å². The van der Waals surface area contributed by atoms with Gasteiger partial charge in [-0.25, -0.2) is 0 Å². The second-order valence-electron chi connectivity index (χ2n) is 6.01. The Morgan fingerprint density at radius 3 is 2.35 bits per heavy atom. The molecule has 0 radical (unpaired) electrons. The minimum absolute atomic E-state index is 0.189. The molecule has 0 amide bonds. The van der Waals surface area contributed by atoms with Gasteiger partial charge < -0.3 is 0 Å². The molecule has 0 bridgehead atoms. The second kappa shape index (κ2) is 6.28. The van der Waals surface area contributed by atoms with Crippen LogP contribution in [0.3, 0.4) is 0 Å². The molecule has 0 aliphatic carbocycles. The Morgan fingerprint density at radius 2 is 1.80 bits per heavy atom. The molecular weight excluding hydrogens is 334 g/mol. The van der Waals surface area contributed by atoms with Crippen molar-refractivity contribution in [2.75, 3.05) is 0 Å². The van der Waals surface area contributed by atoms with Gasteiger partial charge in [0, 0.05) is 17.2 Å². The van der Waals surface area contributed by atoms with Gasteiger partial charge >= 0.3 is 0 Å². The number of aromatic nitrogens is 1. The molecule has 106 valence electrons. The third-order valence-electron chi connectivity index (χ3n) is 3.39. The third-order valence-corrected chi connectivity index (χ3v) is 4.59. The van der Waals surface area contributed by atoms with Gasteiger partial charge in [-0.1, -0.05) is 72.6 Å². The van der Waals surface area contributed by atoms with E-state index < -0.39 is 0 Å². The summed E-state index contributed by atoms with van der Waals surface area (Å²) >= 11 is 9.91. The topological polar surface area (TPSA) is 12.9 Å². The maximum atomic E-state index is 6.16. The predicted octanol–water partition coefficient (Wildman–Crippen LogP) is 5.71. The zero-order chi connectivity index (χ0) is 14.8. The van der Waals surface area contributed by atoms with E-state index in [1.54, 1.807) is 12.4 Å². The van der Waals surface area contributed by atoms with Crippen molar-refractivity contribution in [3.8, 4) is 0 Å². The van der Waals surface area contributed by atoms with Gasteiger partial charge in [-0.15, -0.1) is 0 Å². The average Bonchev–Trinajstić information content (AvgIpc) is 2.40. The number of halogens is 2. The van der Waals surface area contributed by atoms with E-state index in [-0.39, 0.29) is 10.2 Å². The third kappa shape index (κ3) is 3.83. The summed E-state index contributed by atoms with van der Waals surface area (Å²) in [6.45, 7) is 6.68. The van der Waals surface area contributed by atoms with E-state index in [0.717, 1.165) is 17.0 Å². The number of nitrogens with zero attached hydrogens (tertiary/aromatic N) is 1. The fourth-order valence-electron chi connectivity index (χ4n) is 2.07. The van der Waals surface area contributed by atoms with E-state index in [0.29, 0.717) is 0 Å². The van der Waals surface area contributed by atoms with Crippen LogP contribution in [0, 0.1) is 0 Å². The van der Waals surface area contributed by atoms with Gasteiger partial charge in [0.05, 0.1) is 5.02 Å². The van der Waals surface area contributed by atoms with Crippen LogP contribution in [-0.4, -0.2) is 4.98 Å². The van der Waals surface area contributed by atoms with Crippen LogP contribution in [0.25, 0.3) is 0 Å². The Balaban J connectivity index is 2.14. The molecule has 1 atom stereocenters. The summed E-state index contributed by atoms with van der Waals surface area (Å²) in [7, 11) is 0. The normalized spacial score (nSPS) is 13.2. The number of rotatable bonds is 3. The van der Waals surface area contributed by atoms with Crippen LogP contribution in [0.1, 0.15) is 42.3 Å². The van der Waals surface area contributed by atoms with Crippen molar-refractivity contribution in [2.24, 2.45) is 0 Å². The Bertz CT molecular complexity index is 572. The molecule has 1 aromatic carbocycles. The Labute approximate surface area is 134 Å². The molecule has 3 heteroatoms. The largest absolute Gasteiger partial charge is 0.263 e. The van der Waals surface area contributed by atoms with Gasteiger partial charge in [-0.3, -0.25) is 4.98 Å². The Hall–Kier alpha value is -0.860. The monoisotopic (exact) mass is 351 g/mol. The number of pyridine rings is 1. The summed E-state index contributed by atoms with van der Waals surface area (Å²) in [4.78, 5) is 4.28. The van der Waals surface area contributed by atoms with Gasteiger partial charge in [0.1, 0.15) is 0 Å². The van der Waals surface area contributed by atoms with Gasteiger partial charge in [-0.2, -0.15) is 0 Å². The van der Waals surface area contributed by atoms with E-state index in [9.17, 15) is 0 Å². The smallest absolute Gasteiger partial charge is 0.0621 e. The molecule has 2 rings (SSSR count). The van der Waals surface area contributed by atoms with Crippen LogP contribution in [0.5, 0.6) is 0 Å². The first-order chi connectivity index (χ1) is 9.38. The van der Waals surface area contributed by atoms with E-state index in [1.165, 1.54) is 11.1 Å². The number of hydrogen-bond donors (Lipinski definition) is 0. The fourth-order valence-corrected chi connectivity index (χ4v) is 2.92. The molecule has 2 aromatic rings. The van der Waals surface area contributed by atoms with Crippen molar-refractivity contribution in [3.05, 3.63) is 64.4 Å². The lowest BCUT2D eigenvalue weighted by molar-refractivity contribution is 0.590. The van der Waals surface area contributed by atoms with Crippen molar-refractivity contribution in [2.45, 2.75) is 37.4 Å². The summed E-state index contributed by atoms with van der Waals surface area (Å²) < 4.78 is 0. The molecule has 0 spiro atoms. The highest BCUT2D eigenvalue weighted by Crippen LogP contribution is 2.31. The Kier molecular flexibility index (Phi) is 4.87. The summed E-state index contributed by atoms with van der Waals surface area (Å²) in [5.74, 6) is 0. The molecule has 0 fully saturated rings. The zero-order valence-electron chi connectivity index (χ0n) is 12.0. The van der Waals surface area contributed by atoms with Crippen molar-refractivity contribution in [3.63, 3.8) is 0 Å². The standard InChI is InChI=1S/C17H19BrClN/c1-17(2,3)14-6-4-12(5-7-14)15(18)10-13-8-9-20-11-16(13)19/h4-9,11,15H,10H2,1-3H3. The van der Waals surface area contributed by atoms with Crippen molar-refractivity contribution in [1.29, 1.82) is 0 Å². The Morgan fingerprint density at radius 1 is 1.15 bits per heavy atom. The molecule has 0 saturated heterocycles. The molecule has 20 heavy (non-hydrogen) atoms. The number of benzene rings is 1. The molecule has 1 nitrogen and oxygen atoms in total. The summed E-state index contributed by atoms with van der Waals surface area (Å²) in [5.41, 5.74) is 3.92. The summed E-state index contributed by atoms with van der Waals surface area (Å²) in [5, 5.41) is 0.725. The first-order valence-corrected chi connectivity index (χ1v) is 8.00. The van der Waals surface area contributed by atoms with E-state index in [1.807, 2.05) is 6.07 Å². The van der Waals surface area contributed by atoms with Crippen molar-refractivity contribution < 1.29 is 0 Å². The lowest BCUT2D eigenvalue weighted by atomic mass is 9.86. The second-order valence-corrected chi connectivity index (χ2v) is 7.52. The maximum absolute atomic E-state index is 6.16. The summed E-state index contributed by atoms with van der Waals surface area (Å²) in [6, 6.07) is 10.8. The quantitative estimate of drug-likeness (QED) is 0.645. The molecule has 1 heterocycles. The van der Waals surface area contributed by atoms with Gasteiger partial charge in [0.15, 0.2) is 0 Å². The minimum Gasteiger partial charge on any atom is -0.263 e. The van der Waals surface area contributed by atoms with E-state index >= 15 is 0 Å². The van der Waals surface area contributed by atoms with Crippen LogP contribution in [-0.2, 0) is 11.8 Å². The molecular formula is C17H19BrClN. The average molecular weight is 353 g/mol. The SMILES string of the molecule is CC(C)(C)c1ccc(C(Br)Cc2ccncc2Cl)cc1. The molecule has 0 N–H and O–H groups in total. The predicted molar refractivity (Wildman–Crippen MR) is 89.8 cm³/mol. The molecule has 0 aliphatic heterocycles. The lowest BCUT2D eigenvalue weighted by Gasteiger charge is -2.20. The number of hydrogen-bond acceptors (Lipinski definition) is 1. The highest BCUT2D eigenvalue weighted by Gasteiger charge is 2.15. The molecule has 0 aliphatic rings. The highest BCUT2D eigenvalue weighted by atomic mass is 79.9. The highest BCUT2D eigenvalue weighted by molar-refractivity contribution is 9.09. The lowest BCUT2D eigenvalue weighted by Crippen LogP contribution is -2.10. The van der Waals surface area contributed by atoms with Crippen LogP contribution in [0.15, 0.2) is 42.7 Å². The molecule has 0 saturated carbocycles. The van der Waals surface area contributed by atoms with Crippen molar-refractivity contribution in [1.82, 2.24) is 4.98 Å². The first kappa shape index (κ1) is 15.5. The van der Waals surface area contributed by atoms with Crippen LogP contribution in [0.4, 0.5) is 0 Å². The zero-order valence-corrected chi connectivity index (χ0v) is 14.4. The van der Waals surface area contributed by atoms with Crippen LogP contribution in [0.2, 0.25) is 5.02 Å². The first-order valence-electron chi connectivity index (χ1n) is 6.71. The summed E-state index contributed by atoms with van der Waals surface area (Å²) in [6.07, 6.45) is 4.33. The van der Waals surface area contributed by atoms with E-state index in [2.05, 4.69) is 66.0 Å². The van der Waals surface area contributed by atoms with Gasteiger partial charge in [0.2, 0.25) is 0 Å². The van der Waals surface area contributed by atoms with Crippen molar-refractivity contribution >= 4 is 27.5 Å². The molecule has 1 aromatic heterocycles. The maximum Gasteiger partial charge on any atom is 0.0621 e.